The van der Waals surface area contributed by atoms with Crippen LogP contribution in [0.1, 0.15) is 28.7 Å². The zero-order valence-corrected chi connectivity index (χ0v) is 21.4. The quantitative estimate of drug-likeness (QED) is 0.379. The zero-order chi connectivity index (χ0) is 29.3. The molecule has 3 aromatic rings. The lowest BCUT2D eigenvalue weighted by Crippen LogP contribution is -2.53. The molecule has 1 heterocycles. The molecule has 0 fully saturated rings. The van der Waals surface area contributed by atoms with E-state index < -0.39 is 24.2 Å². The van der Waals surface area contributed by atoms with E-state index >= 15 is 0 Å². The molecule has 2 amide bonds. The van der Waals surface area contributed by atoms with E-state index in [0.717, 1.165) is 16.7 Å². The maximum atomic E-state index is 14.0. The summed E-state index contributed by atoms with van der Waals surface area (Å²) >= 11 is 0. The van der Waals surface area contributed by atoms with Crippen molar-refractivity contribution in [3.63, 3.8) is 0 Å². The maximum absolute atomic E-state index is 14.0. The van der Waals surface area contributed by atoms with E-state index in [4.69, 9.17) is 15.6 Å². The van der Waals surface area contributed by atoms with Crippen LogP contribution in [0, 0.1) is 5.82 Å². The molecule has 0 aromatic heterocycles. The number of aliphatic carboxylic acids is 1. The highest BCUT2D eigenvalue weighted by Crippen LogP contribution is 2.25. The number of rotatable bonds is 7. The zero-order valence-electron chi connectivity index (χ0n) is 21.4. The molecular weight excluding hydrogens is 530 g/mol. The van der Waals surface area contributed by atoms with Crippen molar-refractivity contribution in [2.24, 2.45) is 5.73 Å². The number of hydrogen-bond acceptors (Lipinski definition) is 4. The maximum Gasteiger partial charge on any atom is 0.490 e. The lowest BCUT2D eigenvalue weighted by Gasteiger charge is -2.36. The minimum Gasteiger partial charge on any atom is -0.475 e. The second-order valence-corrected chi connectivity index (χ2v) is 9.28. The Morgan fingerprint density at radius 3 is 2.15 bits per heavy atom. The number of alkyl halides is 3. The van der Waals surface area contributed by atoms with Gasteiger partial charge in [-0.25, -0.2) is 9.18 Å². The second kappa shape index (κ2) is 13.7. The highest BCUT2D eigenvalue weighted by Gasteiger charge is 2.38. The number of benzene rings is 3. The van der Waals surface area contributed by atoms with Gasteiger partial charge < -0.3 is 21.1 Å². The molecule has 7 nitrogen and oxygen atoms in total. The van der Waals surface area contributed by atoms with Gasteiger partial charge in [-0.05, 0) is 34.7 Å². The van der Waals surface area contributed by atoms with Crippen molar-refractivity contribution in [2.75, 3.05) is 0 Å². The third-order valence-corrected chi connectivity index (χ3v) is 6.30. The van der Waals surface area contributed by atoms with Gasteiger partial charge in [0.05, 0.1) is 0 Å². The van der Waals surface area contributed by atoms with Crippen LogP contribution >= 0.6 is 0 Å². The van der Waals surface area contributed by atoms with E-state index in [1.807, 2.05) is 54.6 Å². The first-order valence-corrected chi connectivity index (χ1v) is 12.4. The molecule has 2 atom stereocenters. The van der Waals surface area contributed by atoms with Gasteiger partial charge in [0, 0.05) is 32.0 Å². The SMILES string of the molecule is NC(CC(=O)N1Cc2ccccc2CC1C(=O)NCc1ccccc1)Cc1ccccc1F.O=C(O)C(F)(F)F. The minimum atomic E-state index is -5.08. The first-order chi connectivity index (χ1) is 19.0. The van der Waals surface area contributed by atoms with Crippen LogP contribution in [0.15, 0.2) is 78.9 Å². The van der Waals surface area contributed by atoms with E-state index in [-0.39, 0.29) is 30.5 Å². The Hall–Kier alpha value is -4.25. The van der Waals surface area contributed by atoms with Crippen molar-refractivity contribution in [1.82, 2.24) is 10.2 Å². The Kier molecular flexibility index (Phi) is 10.4. The van der Waals surface area contributed by atoms with E-state index in [9.17, 15) is 27.2 Å². The topological polar surface area (TPSA) is 113 Å². The van der Waals surface area contributed by atoms with Gasteiger partial charge in [0.25, 0.3) is 0 Å². The lowest BCUT2D eigenvalue weighted by molar-refractivity contribution is -0.192. The molecule has 1 aliphatic rings. The Labute approximate surface area is 228 Å². The van der Waals surface area contributed by atoms with E-state index in [0.29, 0.717) is 25.1 Å². The van der Waals surface area contributed by atoms with Crippen LogP contribution < -0.4 is 11.1 Å². The molecular formula is C29H29F4N3O4. The number of nitrogens with two attached hydrogens (primary N) is 1. The summed E-state index contributed by atoms with van der Waals surface area (Å²) in [6, 6.07) is 22.8. The molecule has 0 aliphatic carbocycles. The monoisotopic (exact) mass is 559 g/mol. The molecule has 11 heteroatoms. The first kappa shape index (κ1) is 30.3. The predicted molar refractivity (Wildman–Crippen MR) is 139 cm³/mol. The Morgan fingerprint density at radius 1 is 0.950 bits per heavy atom. The average molecular weight is 560 g/mol. The van der Waals surface area contributed by atoms with Gasteiger partial charge in [0.2, 0.25) is 11.8 Å². The van der Waals surface area contributed by atoms with Gasteiger partial charge in [0.15, 0.2) is 0 Å². The van der Waals surface area contributed by atoms with Crippen molar-refractivity contribution < 1.29 is 37.1 Å². The third-order valence-electron chi connectivity index (χ3n) is 6.30. The first-order valence-electron chi connectivity index (χ1n) is 12.4. The van der Waals surface area contributed by atoms with Gasteiger partial charge >= 0.3 is 12.1 Å². The highest BCUT2D eigenvalue weighted by molar-refractivity contribution is 5.88. The predicted octanol–water partition coefficient (Wildman–Crippen LogP) is 3.99. The number of carboxylic acids is 1. The van der Waals surface area contributed by atoms with E-state index in [1.54, 1.807) is 23.1 Å². The molecule has 0 spiro atoms. The summed E-state index contributed by atoms with van der Waals surface area (Å²) in [4.78, 5) is 36.9. The summed E-state index contributed by atoms with van der Waals surface area (Å²) in [5.74, 6) is -3.48. The van der Waals surface area contributed by atoms with Crippen molar-refractivity contribution in [3.05, 3.63) is 107 Å². The molecule has 0 saturated heterocycles. The molecule has 4 N–H and O–H groups in total. The van der Waals surface area contributed by atoms with Gasteiger partial charge in [-0.2, -0.15) is 13.2 Å². The number of carboxylic acid groups (broad SMARTS) is 1. The standard InChI is InChI=1S/C27H28FN3O2.C2HF3O2/c28-24-13-7-6-11-21(24)14-23(29)16-26(32)31-18-22-12-5-4-10-20(22)15-25(31)27(33)30-17-19-8-2-1-3-9-19;3-2(4,5)1(6)7/h1-13,23,25H,14-18,29H2,(H,30,33);(H,6,7). The summed E-state index contributed by atoms with van der Waals surface area (Å²) in [5.41, 5.74) is 9.79. The Balaban J connectivity index is 0.000000559. The summed E-state index contributed by atoms with van der Waals surface area (Å²) < 4.78 is 45.7. The molecule has 4 rings (SSSR count). The number of hydrogen-bond donors (Lipinski definition) is 3. The number of fused-ring (bicyclic) bond motifs is 1. The van der Waals surface area contributed by atoms with Crippen molar-refractivity contribution in [3.8, 4) is 0 Å². The van der Waals surface area contributed by atoms with Crippen molar-refractivity contribution in [2.45, 2.75) is 50.6 Å². The lowest BCUT2D eigenvalue weighted by atomic mass is 9.92. The molecule has 212 valence electrons. The molecule has 0 saturated carbocycles. The average Bonchev–Trinajstić information content (AvgIpc) is 2.92. The number of carbonyl (C=O) groups excluding carboxylic acids is 2. The summed E-state index contributed by atoms with van der Waals surface area (Å²) in [7, 11) is 0. The number of nitrogens with one attached hydrogen (secondary N) is 1. The number of amides is 2. The summed E-state index contributed by atoms with van der Waals surface area (Å²) in [6.45, 7) is 0.748. The van der Waals surface area contributed by atoms with Crippen LogP contribution in [-0.4, -0.2) is 46.1 Å². The molecule has 0 bridgehead atoms. The third kappa shape index (κ3) is 8.63. The highest BCUT2D eigenvalue weighted by atomic mass is 19.4. The normalized spacial score (nSPS) is 15.2. The minimum absolute atomic E-state index is 0.0406. The van der Waals surface area contributed by atoms with Crippen LogP contribution in [-0.2, 0) is 40.3 Å². The van der Waals surface area contributed by atoms with Gasteiger partial charge in [-0.3, -0.25) is 9.59 Å². The summed E-state index contributed by atoms with van der Waals surface area (Å²) in [5, 5.41) is 10.1. The molecule has 3 aromatic carbocycles. The van der Waals surface area contributed by atoms with Gasteiger partial charge in [-0.1, -0.05) is 72.8 Å². The Bertz CT molecular complexity index is 1320. The smallest absolute Gasteiger partial charge is 0.475 e. The second-order valence-electron chi connectivity index (χ2n) is 9.28. The number of halogens is 4. The van der Waals surface area contributed by atoms with Crippen molar-refractivity contribution in [1.29, 1.82) is 0 Å². The molecule has 2 unspecified atom stereocenters. The van der Waals surface area contributed by atoms with Crippen LogP contribution in [0.4, 0.5) is 17.6 Å². The fraction of sp³-hybridized carbons (Fsp3) is 0.276. The van der Waals surface area contributed by atoms with Crippen LogP contribution in [0.5, 0.6) is 0 Å². The van der Waals surface area contributed by atoms with E-state index in [1.165, 1.54) is 6.07 Å². The van der Waals surface area contributed by atoms with Crippen molar-refractivity contribution >= 4 is 17.8 Å². The van der Waals surface area contributed by atoms with Crippen LogP contribution in [0.25, 0.3) is 0 Å². The van der Waals surface area contributed by atoms with Gasteiger partial charge in [0.1, 0.15) is 11.9 Å². The van der Waals surface area contributed by atoms with Gasteiger partial charge in [-0.15, -0.1) is 0 Å². The van der Waals surface area contributed by atoms with Crippen LogP contribution in [0.3, 0.4) is 0 Å². The largest absolute Gasteiger partial charge is 0.490 e. The molecule has 40 heavy (non-hydrogen) atoms. The molecule has 0 radical (unpaired) electrons. The fourth-order valence-corrected chi connectivity index (χ4v) is 4.28. The number of nitrogens with zero attached hydrogens (tertiary/aromatic N) is 1. The fourth-order valence-electron chi connectivity index (χ4n) is 4.28. The van der Waals surface area contributed by atoms with E-state index in [2.05, 4.69) is 5.32 Å². The Morgan fingerprint density at radius 2 is 1.52 bits per heavy atom. The summed E-state index contributed by atoms with van der Waals surface area (Å²) in [6.07, 6.45) is -4.34. The van der Waals surface area contributed by atoms with Crippen LogP contribution in [0.2, 0.25) is 0 Å². The number of carbonyl (C=O) groups is 3. The molecule has 1 aliphatic heterocycles.